The number of pyridine rings is 1. The van der Waals surface area contributed by atoms with Crippen LogP contribution in [0.15, 0.2) is 12.1 Å². The van der Waals surface area contributed by atoms with Crippen molar-refractivity contribution in [1.82, 2.24) is 4.98 Å². The van der Waals surface area contributed by atoms with Crippen molar-refractivity contribution in [3.05, 3.63) is 22.8 Å². The summed E-state index contributed by atoms with van der Waals surface area (Å²) in [5.74, 6) is 0.451. The van der Waals surface area contributed by atoms with Gasteiger partial charge < -0.3 is 10.0 Å². The molecule has 0 atom stereocenters. The first-order valence-electron chi connectivity index (χ1n) is 6.61. The Morgan fingerprint density at radius 1 is 1.37 bits per heavy atom. The van der Waals surface area contributed by atoms with Gasteiger partial charge in [-0.1, -0.05) is 18.5 Å². The first kappa shape index (κ1) is 14.1. The molecule has 0 saturated heterocycles. The molecule has 1 saturated carbocycles. The number of rotatable bonds is 3. The lowest BCUT2D eigenvalue weighted by Gasteiger charge is -2.34. The van der Waals surface area contributed by atoms with Gasteiger partial charge in [0.1, 0.15) is 11.0 Å². The maximum atomic E-state index is 11.0. The molecule has 5 heteroatoms. The van der Waals surface area contributed by atoms with Gasteiger partial charge in [0.2, 0.25) is 0 Å². The van der Waals surface area contributed by atoms with Crippen LogP contribution in [-0.2, 0) is 0 Å². The predicted octanol–water partition coefficient (Wildman–Crippen LogP) is 3.45. The number of carboxylic acid groups (broad SMARTS) is 1. The van der Waals surface area contributed by atoms with E-state index in [-0.39, 0.29) is 10.7 Å². The summed E-state index contributed by atoms with van der Waals surface area (Å²) >= 11 is 5.90. The average molecular weight is 283 g/mol. The van der Waals surface area contributed by atoms with Crippen molar-refractivity contribution in [3.8, 4) is 0 Å². The zero-order valence-electron chi connectivity index (χ0n) is 11.3. The summed E-state index contributed by atoms with van der Waals surface area (Å²) in [5, 5.41) is 9.28. The Bertz CT molecular complexity index is 471. The van der Waals surface area contributed by atoms with E-state index >= 15 is 0 Å². The second-order valence-corrected chi connectivity index (χ2v) is 5.75. The fourth-order valence-corrected chi connectivity index (χ4v) is 2.81. The SMILES string of the molecule is CC1CCC(N(C)c2cc(C(=O)O)cc(Cl)n2)CC1. The number of carbonyl (C=O) groups is 1. The van der Waals surface area contributed by atoms with Crippen molar-refractivity contribution in [2.75, 3.05) is 11.9 Å². The monoisotopic (exact) mass is 282 g/mol. The highest BCUT2D eigenvalue weighted by Crippen LogP contribution is 2.29. The highest BCUT2D eigenvalue weighted by atomic mass is 35.5. The summed E-state index contributed by atoms with van der Waals surface area (Å²) in [6, 6.07) is 3.39. The first-order chi connectivity index (χ1) is 8.97. The van der Waals surface area contributed by atoms with Gasteiger partial charge in [-0.3, -0.25) is 0 Å². The number of anilines is 1. The quantitative estimate of drug-likeness (QED) is 0.863. The van der Waals surface area contributed by atoms with E-state index in [1.807, 2.05) is 7.05 Å². The number of hydrogen-bond acceptors (Lipinski definition) is 3. The largest absolute Gasteiger partial charge is 0.478 e. The van der Waals surface area contributed by atoms with Crippen LogP contribution >= 0.6 is 11.6 Å². The fourth-order valence-electron chi connectivity index (χ4n) is 2.60. The molecular weight excluding hydrogens is 264 g/mol. The molecule has 0 radical (unpaired) electrons. The van der Waals surface area contributed by atoms with E-state index in [0.29, 0.717) is 11.9 Å². The molecule has 0 unspecified atom stereocenters. The van der Waals surface area contributed by atoms with E-state index in [4.69, 9.17) is 16.7 Å². The molecule has 1 N–H and O–H groups in total. The molecule has 4 nitrogen and oxygen atoms in total. The Labute approximate surface area is 118 Å². The molecule has 0 aliphatic heterocycles. The summed E-state index contributed by atoms with van der Waals surface area (Å²) in [6.45, 7) is 2.27. The standard InChI is InChI=1S/C14H19ClN2O2/c1-9-3-5-11(6-4-9)17(2)13-8-10(14(18)19)7-12(15)16-13/h7-9,11H,3-6H2,1-2H3,(H,18,19). The third-order valence-electron chi connectivity index (χ3n) is 3.92. The van der Waals surface area contributed by atoms with Crippen LogP contribution in [0.3, 0.4) is 0 Å². The summed E-state index contributed by atoms with van der Waals surface area (Å²) in [7, 11) is 1.96. The van der Waals surface area contributed by atoms with Gasteiger partial charge in [0.25, 0.3) is 0 Å². The molecule has 1 aromatic heterocycles. The van der Waals surface area contributed by atoms with Crippen LogP contribution in [-0.4, -0.2) is 29.1 Å². The summed E-state index contributed by atoms with van der Waals surface area (Å²) in [4.78, 5) is 17.3. The Morgan fingerprint density at radius 3 is 2.58 bits per heavy atom. The molecule has 104 valence electrons. The molecule has 0 bridgehead atoms. The molecule has 2 rings (SSSR count). The second-order valence-electron chi connectivity index (χ2n) is 5.37. The number of aromatic carboxylic acids is 1. The van der Waals surface area contributed by atoms with Crippen molar-refractivity contribution in [2.45, 2.75) is 38.6 Å². The van der Waals surface area contributed by atoms with Crippen molar-refractivity contribution in [1.29, 1.82) is 0 Å². The summed E-state index contributed by atoms with van der Waals surface area (Å²) in [6.07, 6.45) is 4.66. The van der Waals surface area contributed by atoms with Gasteiger partial charge in [0.05, 0.1) is 5.56 Å². The van der Waals surface area contributed by atoms with E-state index in [9.17, 15) is 4.79 Å². The second kappa shape index (κ2) is 5.78. The maximum absolute atomic E-state index is 11.0. The van der Waals surface area contributed by atoms with Crippen molar-refractivity contribution in [3.63, 3.8) is 0 Å². The minimum Gasteiger partial charge on any atom is -0.478 e. The highest BCUT2D eigenvalue weighted by Gasteiger charge is 2.23. The molecule has 1 aliphatic carbocycles. The minimum atomic E-state index is -0.976. The van der Waals surface area contributed by atoms with Gasteiger partial charge in [0, 0.05) is 13.1 Å². The molecule has 1 heterocycles. The number of halogens is 1. The smallest absolute Gasteiger partial charge is 0.335 e. The topological polar surface area (TPSA) is 53.4 Å². The Hall–Kier alpha value is -1.29. The van der Waals surface area contributed by atoms with Gasteiger partial charge in [-0.15, -0.1) is 0 Å². The minimum absolute atomic E-state index is 0.186. The number of carboxylic acids is 1. The fraction of sp³-hybridized carbons (Fsp3) is 0.571. The zero-order valence-corrected chi connectivity index (χ0v) is 12.0. The molecule has 19 heavy (non-hydrogen) atoms. The predicted molar refractivity (Wildman–Crippen MR) is 76.0 cm³/mol. The number of hydrogen-bond donors (Lipinski definition) is 1. The first-order valence-corrected chi connectivity index (χ1v) is 6.99. The average Bonchev–Trinajstić information content (AvgIpc) is 2.38. The normalized spacial score (nSPS) is 23.1. The van der Waals surface area contributed by atoms with Crippen LogP contribution in [0.5, 0.6) is 0 Å². The van der Waals surface area contributed by atoms with Crippen molar-refractivity contribution < 1.29 is 9.90 Å². The lowest BCUT2D eigenvalue weighted by atomic mass is 9.87. The van der Waals surface area contributed by atoms with Crippen LogP contribution in [0.4, 0.5) is 5.82 Å². The lowest BCUT2D eigenvalue weighted by molar-refractivity contribution is 0.0697. The highest BCUT2D eigenvalue weighted by molar-refractivity contribution is 6.29. The van der Waals surface area contributed by atoms with Gasteiger partial charge in [-0.2, -0.15) is 0 Å². The molecule has 1 fully saturated rings. The van der Waals surface area contributed by atoms with Gasteiger partial charge in [-0.25, -0.2) is 9.78 Å². The zero-order chi connectivity index (χ0) is 14.0. The Kier molecular flexibility index (Phi) is 4.30. The third-order valence-corrected chi connectivity index (χ3v) is 4.12. The van der Waals surface area contributed by atoms with E-state index in [2.05, 4.69) is 16.8 Å². The van der Waals surface area contributed by atoms with E-state index < -0.39 is 5.97 Å². The van der Waals surface area contributed by atoms with E-state index in [1.54, 1.807) is 6.07 Å². The van der Waals surface area contributed by atoms with Gasteiger partial charge in [0.15, 0.2) is 0 Å². The molecule has 0 spiro atoms. The molecule has 0 amide bonds. The number of aromatic nitrogens is 1. The maximum Gasteiger partial charge on any atom is 0.335 e. The van der Waals surface area contributed by atoms with Crippen LogP contribution in [0.2, 0.25) is 5.15 Å². The Morgan fingerprint density at radius 2 is 2.00 bits per heavy atom. The number of nitrogens with zero attached hydrogens (tertiary/aromatic N) is 2. The van der Waals surface area contributed by atoms with E-state index in [1.165, 1.54) is 18.9 Å². The summed E-state index contributed by atoms with van der Waals surface area (Å²) < 4.78 is 0. The van der Waals surface area contributed by atoms with Crippen LogP contribution in [0.1, 0.15) is 43.0 Å². The van der Waals surface area contributed by atoms with Crippen LogP contribution < -0.4 is 4.90 Å². The molecule has 1 aliphatic rings. The van der Waals surface area contributed by atoms with Crippen molar-refractivity contribution in [2.24, 2.45) is 5.92 Å². The van der Waals surface area contributed by atoms with Crippen LogP contribution in [0, 0.1) is 5.92 Å². The summed E-state index contributed by atoms with van der Waals surface area (Å²) in [5.41, 5.74) is 0.186. The lowest BCUT2D eigenvalue weighted by Crippen LogP contribution is -2.35. The van der Waals surface area contributed by atoms with Gasteiger partial charge >= 0.3 is 5.97 Å². The molecule has 0 aromatic carbocycles. The molecule has 1 aromatic rings. The van der Waals surface area contributed by atoms with E-state index in [0.717, 1.165) is 18.8 Å². The van der Waals surface area contributed by atoms with Gasteiger partial charge in [-0.05, 0) is 43.7 Å². The molecular formula is C14H19ClN2O2. The Balaban J connectivity index is 2.18. The third kappa shape index (κ3) is 3.38. The van der Waals surface area contributed by atoms with Crippen LogP contribution in [0.25, 0.3) is 0 Å². The van der Waals surface area contributed by atoms with Crippen molar-refractivity contribution >= 4 is 23.4 Å².